The molecule has 0 radical (unpaired) electrons. The molecule has 1 aromatic carbocycles. The fourth-order valence-corrected chi connectivity index (χ4v) is 3.23. The van der Waals surface area contributed by atoms with Crippen LogP contribution >= 0.6 is 0 Å². The first-order chi connectivity index (χ1) is 12.3. The number of carbonyl (C=O) groups is 1. The summed E-state index contributed by atoms with van der Waals surface area (Å²) in [6.07, 6.45) is 6.86. The molecule has 2 aliphatic heterocycles. The largest absolute Gasteiger partial charge is 0.486 e. The third-order valence-corrected chi connectivity index (χ3v) is 4.59. The number of ether oxygens (including phenoxy) is 2. The van der Waals surface area contributed by atoms with Gasteiger partial charge < -0.3 is 14.4 Å². The van der Waals surface area contributed by atoms with E-state index in [1.807, 2.05) is 29.2 Å². The van der Waals surface area contributed by atoms with Crippen molar-refractivity contribution in [3.63, 3.8) is 0 Å². The summed E-state index contributed by atoms with van der Waals surface area (Å²) in [5, 5.41) is 0. The van der Waals surface area contributed by atoms with Crippen molar-refractivity contribution >= 4 is 5.91 Å². The molecule has 0 N–H and O–H groups in total. The average molecular weight is 339 g/mol. The summed E-state index contributed by atoms with van der Waals surface area (Å²) >= 11 is 0. The van der Waals surface area contributed by atoms with Crippen LogP contribution in [-0.4, -0.2) is 46.6 Å². The van der Waals surface area contributed by atoms with Gasteiger partial charge in [0.25, 0.3) is 5.91 Å². The first-order valence-electron chi connectivity index (χ1n) is 8.78. The third-order valence-electron chi connectivity index (χ3n) is 4.59. The van der Waals surface area contributed by atoms with Crippen molar-refractivity contribution < 1.29 is 14.3 Å². The van der Waals surface area contributed by atoms with Gasteiger partial charge in [-0.25, -0.2) is 4.98 Å². The molecule has 3 heterocycles. The second-order valence-corrected chi connectivity index (χ2v) is 6.43. The number of aryl methyl sites for hydroxylation is 1. The molecule has 0 spiro atoms. The van der Waals surface area contributed by atoms with Gasteiger partial charge in [-0.1, -0.05) is 12.1 Å². The monoisotopic (exact) mass is 339 g/mol. The molecule has 2 aromatic rings. The van der Waals surface area contributed by atoms with Gasteiger partial charge in [0.05, 0.1) is 11.9 Å². The summed E-state index contributed by atoms with van der Waals surface area (Å²) < 4.78 is 11.7. The molecule has 1 fully saturated rings. The Morgan fingerprint density at radius 2 is 1.96 bits per heavy atom. The number of amides is 1. The summed E-state index contributed by atoms with van der Waals surface area (Å²) in [5.41, 5.74) is 1.25. The van der Waals surface area contributed by atoms with Crippen LogP contribution in [0.15, 0.2) is 36.7 Å². The maximum absolute atomic E-state index is 12.4. The van der Waals surface area contributed by atoms with E-state index in [1.54, 1.807) is 12.4 Å². The van der Waals surface area contributed by atoms with Crippen LogP contribution in [0.1, 0.15) is 35.4 Å². The Bertz CT molecular complexity index is 759. The molecule has 1 aromatic heterocycles. The number of aromatic nitrogens is 2. The molecule has 0 unspecified atom stereocenters. The predicted octanol–water partition coefficient (Wildman–Crippen LogP) is 2.49. The van der Waals surface area contributed by atoms with Gasteiger partial charge in [-0.3, -0.25) is 9.78 Å². The fourth-order valence-electron chi connectivity index (χ4n) is 3.23. The van der Waals surface area contributed by atoms with E-state index < -0.39 is 0 Å². The molecule has 0 bridgehead atoms. The molecule has 6 heteroatoms. The van der Waals surface area contributed by atoms with Gasteiger partial charge in [0, 0.05) is 19.3 Å². The van der Waals surface area contributed by atoms with Crippen molar-refractivity contribution in [1.29, 1.82) is 0 Å². The zero-order valence-electron chi connectivity index (χ0n) is 14.1. The second-order valence-electron chi connectivity index (χ2n) is 6.43. The Kier molecular flexibility index (Phi) is 4.50. The Morgan fingerprint density at radius 1 is 1.16 bits per heavy atom. The van der Waals surface area contributed by atoms with E-state index in [-0.39, 0.29) is 12.0 Å². The molecule has 0 saturated carbocycles. The number of likely N-dealkylation sites (tertiary alicyclic amines) is 1. The van der Waals surface area contributed by atoms with Crippen molar-refractivity contribution in [2.45, 2.75) is 31.8 Å². The van der Waals surface area contributed by atoms with Crippen LogP contribution in [0.3, 0.4) is 0 Å². The normalized spacial score (nSPS) is 19.0. The molecular weight excluding hydrogens is 318 g/mol. The zero-order valence-corrected chi connectivity index (χ0v) is 14.1. The molecule has 0 aliphatic carbocycles. The van der Waals surface area contributed by atoms with Gasteiger partial charge in [-0.05, 0) is 37.8 Å². The lowest BCUT2D eigenvalue weighted by Gasteiger charge is -2.26. The van der Waals surface area contributed by atoms with Crippen LogP contribution in [0.5, 0.6) is 11.5 Å². The number of fused-ring (bicyclic) bond motifs is 1. The minimum atomic E-state index is -0.0189. The first-order valence-corrected chi connectivity index (χ1v) is 8.78. The number of rotatable bonds is 4. The number of benzene rings is 1. The van der Waals surface area contributed by atoms with Crippen LogP contribution in [0.25, 0.3) is 0 Å². The van der Waals surface area contributed by atoms with Gasteiger partial charge in [0.2, 0.25) is 0 Å². The lowest BCUT2D eigenvalue weighted by Crippen LogP contribution is -2.30. The number of para-hydroxylation sites is 2. The highest BCUT2D eigenvalue weighted by Gasteiger charge is 2.22. The SMILES string of the molecule is O=C(c1cncc(CC[C@@H]2COc3ccccc3O2)n1)N1CCCC1. The van der Waals surface area contributed by atoms with Crippen molar-refractivity contribution in [2.75, 3.05) is 19.7 Å². The molecule has 1 atom stereocenters. The molecule has 2 aliphatic rings. The van der Waals surface area contributed by atoms with Crippen LogP contribution in [-0.2, 0) is 6.42 Å². The van der Waals surface area contributed by atoms with E-state index in [0.717, 1.165) is 49.5 Å². The van der Waals surface area contributed by atoms with Crippen LogP contribution in [0, 0.1) is 0 Å². The van der Waals surface area contributed by atoms with Gasteiger partial charge in [0.15, 0.2) is 11.5 Å². The van der Waals surface area contributed by atoms with Crippen molar-refractivity contribution in [3.05, 3.63) is 48.0 Å². The lowest BCUT2D eigenvalue weighted by molar-refractivity contribution is 0.0785. The number of carbonyl (C=O) groups excluding carboxylic acids is 1. The van der Waals surface area contributed by atoms with Crippen molar-refractivity contribution in [3.8, 4) is 11.5 Å². The molecule has 4 rings (SSSR count). The van der Waals surface area contributed by atoms with Gasteiger partial charge in [-0.15, -0.1) is 0 Å². The highest BCUT2D eigenvalue weighted by molar-refractivity contribution is 5.92. The highest BCUT2D eigenvalue weighted by Crippen LogP contribution is 2.31. The Morgan fingerprint density at radius 3 is 2.80 bits per heavy atom. The molecule has 1 saturated heterocycles. The predicted molar refractivity (Wildman–Crippen MR) is 91.8 cm³/mol. The minimum absolute atomic E-state index is 0.0157. The summed E-state index contributed by atoms with van der Waals surface area (Å²) in [4.78, 5) is 23.0. The summed E-state index contributed by atoms with van der Waals surface area (Å²) in [5.74, 6) is 1.55. The zero-order chi connectivity index (χ0) is 17.1. The molecular formula is C19H21N3O3. The Labute approximate surface area is 146 Å². The average Bonchev–Trinajstić information content (AvgIpc) is 3.20. The maximum Gasteiger partial charge on any atom is 0.274 e. The highest BCUT2D eigenvalue weighted by atomic mass is 16.6. The Hall–Kier alpha value is -2.63. The van der Waals surface area contributed by atoms with Crippen LogP contribution in [0.4, 0.5) is 0 Å². The second kappa shape index (κ2) is 7.09. The van der Waals surface area contributed by atoms with E-state index >= 15 is 0 Å². The molecule has 25 heavy (non-hydrogen) atoms. The van der Waals surface area contributed by atoms with Gasteiger partial charge in [0.1, 0.15) is 18.4 Å². The topological polar surface area (TPSA) is 64.5 Å². The van der Waals surface area contributed by atoms with E-state index in [0.29, 0.717) is 18.7 Å². The summed E-state index contributed by atoms with van der Waals surface area (Å²) in [6, 6.07) is 7.69. The lowest BCUT2D eigenvalue weighted by atomic mass is 10.1. The molecule has 130 valence electrons. The summed E-state index contributed by atoms with van der Waals surface area (Å²) in [7, 11) is 0. The summed E-state index contributed by atoms with van der Waals surface area (Å²) in [6.45, 7) is 2.16. The van der Waals surface area contributed by atoms with E-state index in [4.69, 9.17) is 9.47 Å². The van der Waals surface area contributed by atoms with Crippen LogP contribution in [0.2, 0.25) is 0 Å². The van der Waals surface area contributed by atoms with E-state index in [1.165, 1.54) is 0 Å². The van der Waals surface area contributed by atoms with Gasteiger partial charge >= 0.3 is 0 Å². The number of nitrogens with zero attached hydrogens (tertiary/aromatic N) is 3. The van der Waals surface area contributed by atoms with E-state index in [2.05, 4.69) is 9.97 Å². The Balaban J connectivity index is 1.37. The number of hydrogen-bond donors (Lipinski definition) is 0. The third kappa shape index (κ3) is 3.57. The first kappa shape index (κ1) is 15.9. The quantitative estimate of drug-likeness (QED) is 0.856. The maximum atomic E-state index is 12.4. The molecule has 1 amide bonds. The standard InChI is InChI=1S/C19H21N3O3/c23-19(22-9-3-4-10-22)16-12-20-11-14(21-16)7-8-15-13-24-17-5-1-2-6-18(17)25-15/h1-2,5-6,11-12,15H,3-4,7-10,13H2/t15-/m1/s1. The minimum Gasteiger partial charge on any atom is -0.486 e. The van der Waals surface area contributed by atoms with Crippen molar-refractivity contribution in [1.82, 2.24) is 14.9 Å². The van der Waals surface area contributed by atoms with Crippen molar-refractivity contribution in [2.24, 2.45) is 0 Å². The smallest absolute Gasteiger partial charge is 0.274 e. The van der Waals surface area contributed by atoms with E-state index in [9.17, 15) is 4.79 Å². The van der Waals surface area contributed by atoms with Crippen LogP contribution < -0.4 is 9.47 Å². The van der Waals surface area contributed by atoms with Gasteiger partial charge in [-0.2, -0.15) is 0 Å². The number of hydrogen-bond acceptors (Lipinski definition) is 5. The molecule has 6 nitrogen and oxygen atoms in total. The fraction of sp³-hybridized carbons (Fsp3) is 0.421.